The summed E-state index contributed by atoms with van der Waals surface area (Å²) in [5, 5.41) is 0. The van der Waals surface area contributed by atoms with Crippen molar-refractivity contribution in [1.29, 1.82) is 0 Å². The number of rotatable bonds is 3. The van der Waals surface area contributed by atoms with E-state index in [1.54, 1.807) is 0 Å². The lowest BCUT2D eigenvalue weighted by Gasteiger charge is -2.20. The molecule has 0 aromatic rings. The second kappa shape index (κ2) is 4.73. The average molecular weight is 388 g/mol. The van der Waals surface area contributed by atoms with Crippen LogP contribution in [-0.2, 0) is 0 Å². The normalized spacial score (nSPS) is 12.7. The van der Waals surface area contributed by atoms with E-state index in [0.29, 0.717) is 0 Å². The Hall–Kier alpha value is 1.92. The molecule has 0 unspecified atom stereocenters. The smallest absolute Gasteiger partial charge is 0.0740 e. The van der Waals surface area contributed by atoms with Crippen LogP contribution < -0.4 is 0 Å². The van der Waals surface area contributed by atoms with Crippen LogP contribution in [-0.4, -0.2) is 6.97 Å². The molecule has 0 aliphatic heterocycles. The average Bonchev–Trinajstić information content (AvgIpc) is 1.65. The zero-order chi connectivity index (χ0) is 7.49. The van der Waals surface area contributed by atoms with Crippen LogP contribution in [0.5, 0.6) is 0 Å². The Morgan fingerprint density at radius 2 is 1.78 bits per heavy atom. The van der Waals surface area contributed by atoms with Crippen molar-refractivity contribution in [3.8, 4) is 0 Å². The van der Waals surface area contributed by atoms with E-state index in [1.807, 2.05) is 0 Å². The molecule has 9 heavy (non-hydrogen) atoms. The predicted molar refractivity (Wildman–Crippen MR) is 57.1 cm³/mol. The molecule has 56 valence electrons. The Balaban J connectivity index is 3.70. The molecule has 4 heteroatoms. The Morgan fingerprint density at radius 3 is 1.89 bits per heavy atom. The number of halogens is 4. The van der Waals surface area contributed by atoms with Crippen molar-refractivity contribution >= 4 is 63.7 Å². The molecular formula is C5H8Br4. The Kier molecular flexibility index (Phi) is 5.74. The van der Waals surface area contributed by atoms with E-state index >= 15 is 0 Å². The predicted octanol–water partition coefficient (Wildman–Crippen LogP) is 4.39. The van der Waals surface area contributed by atoms with Crippen molar-refractivity contribution in [2.24, 2.45) is 0 Å². The lowest BCUT2D eigenvalue weighted by molar-refractivity contribution is 0.766. The maximum atomic E-state index is 3.53. The molecule has 0 aliphatic rings. The standard InChI is InChI=1S/C5H8Br4/c1-2-3-5(8,9)4(6)7/h4H,2-3H2,1H3. The van der Waals surface area contributed by atoms with Gasteiger partial charge in [0.25, 0.3) is 0 Å². The largest absolute Gasteiger partial charge is 0.103 e. The number of alkyl halides is 4. The van der Waals surface area contributed by atoms with Crippen LogP contribution in [0.1, 0.15) is 19.8 Å². The molecule has 0 rings (SSSR count). The monoisotopic (exact) mass is 384 g/mol. The highest BCUT2D eigenvalue weighted by Gasteiger charge is 2.28. The first-order valence-corrected chi connectivity index (χ1v) is 6.08. The molecule has 0 aliphatic carbocycles. The molecule has 0 spiro atoms. The molecule has 0 N–H and O–H groups in total. The molecule has 0 radical (unpaired) electrons. The van der Waals surface area contributed by atoms with Crippen molar-refractivity contribution in [2.75, 3.05) is 0 Å². The SMILES string of the molecule is CCCC(Br)(Br)C(Br)Br. The quantitative estimate of drug-likeness (QED) is 0.630. The van der Waals surface area contributed by atoms with Gasteiger partial charge in [0.15, 0.2) is 0 Å². The van der Waals surface area contributed by atoms with Crippen LogP contribution in [0.15, 0.2) is 0 Å². The van der Waals surface area contributed by atoms with Crippen molar-refractivity contribution in [2.45, 2.75) is 26.7 Å². The zero-order valence-corrected chi connectivity index (χ0v) is 11.3. The summed E-state index contributed by atoms with van der Waals surface area (Å²) in [6.45, 7) is 2.15. The van der Waals surface area contributed by atoms with E-state index in [4.69, 9.17) is 0 Å². The summed E-state index contributed by atoms with van der Waals surface area (Å²) >= 11 is 13.9. The number of hydrogen-bond acceptors (Lipinski definition) is 0. The van der Waals surface area contributed by atoms with Gasteiger partial charge in [-0.3, -0.25) is 0 Å². The van der Waals surface area contributed by atoms with Crippen LogP contribution in [0, 0.1) is 0 Å². The van der Waals surface area contributed by atoms with E-state index in [0.717, 1.165) is 12.8 Å². The van der Waals surface area contributed by atoms with Gasteiger partial charge in [-0.25, -0.2) is 0 Å². The third-order valence-electron chi connectivity index (χ3n) is 0.903. The van der Waals surface area contributed by atoms with Gasteiger partial charge in [-0.2, -0.15) is 0 Å². The van der Waals surface area contributed by atoms with Gasteiger partial charge in [0, 0.05) is 0 Å². The van der Waals surface area contributed by atoms with Crippen molar-refractivity contribution in [3.05, 3.63) is 0 Å². The fourth-order valence-electron chi connectivity index (χ4n) is 0.442. The summed E-state index contributed by atoms with van der Waals surface area (Å²) in [6.07, 6.45) is 2.25. The molecule has 0 saturated carbocycles. The van der Waals surface area contributed by atoms with E-state index in [2.05, 4.69) is 70.6 Å². The Morgan fingerprint density at radius 1 is 1.33 bits per heavy atom. The molecule has 0 aromatic carbocycles. The Bertz CT molecular complexity index is 79.0. The molecule has 0 aromatic heterocycles. The van der Waals surface area contributed by atoms with Gasteiger partial charge in [-0.1, -0.05) is 77.1 Å². The van der Waals surface area contributed by atoms with Crippen molar-refractivity contribution in [1.82, 2.24) is 0 Å². The van der Waals surface area contributed by atoms with Crippen LogP contribution in [0.2, 0.25) is 0 Å². The topological polar surface area (TPSA) is 0 Å². The van der Waals surface area contributed by atoms with Crippen LogP contribution in [0.4, 0.5) is 0 Å². The fraction of sp³-hybridized carbons (Fsp3) is 1.00. The molecule has 0 bridgehead atoms. The van der Waals surface area contributed by atoms with Crippen LogP contribution in [0.25, 0.3) is 0 Å². The van der Waals surface area contributed by atoms with Gasteiger partial charge in [0.2, 0.25) is 0 Å². The molecule has 0 atom stereocenters. The first-order chi connectivity index (χ1) is 4.00. The van der Waals surface area contributed by atoms with Gasteiger partial charge < -0.3 is 0 Å². The molecule has 0 saturated heterocycles. The van der Waals surface area contributed by atoms with E-state index in [9.17, 15) is 0 Å². The molecule has 0 amide bonds. The van der Waals surface area contributed by atoms with Gasteiger partial charge in [-0.15, -0.1) is 0 Å². The minimum Gasteiger partial charge on any atom is -0.0740 e. The van der Waals surface area contributed by atoms with E-state index in [-0.39, 0.29) is 6.97 Å². The first-order valence-electron chi connectivity index (χ1n) is 2.66. The molecule has 0 heterocycles. The fourth-order valence-corrected chi connectivity index (χ4v) is 1.69. The summed E-state index contributed by atoms with van der Waals surface area (Å²) < 4.78 is 0.284. The molecule has 0 nitrogen and oxygen atoms in total. The minimum absolute atomic E-state index is 0.00868. The number of hydrogen-bond donors (Lipinski definition) is 0. The van der Waals surface area contributed by atoms with Crippen LogP contribution in [0.3, 0.4) is 0 Å². The van der Waals surface area contributed by atoms with Crippen molar-refractivity contribution < 1.29 is 0 Å². The highest BCUT2D eigenvalue weighted by Crippen LogP contribution is 2.41. The maximum absolute atomic E-state index is 3.53. The third kappa shape index (κ3) is 4.38. The lowest BCUT2D eigenvalue weighted by atomic mass is 10.3. The van der Waals surface area contributed by atoms with Crippen LogP contribution >= 0.6 is 63.7 Å². The second-order valence-corrected chi connectivity index (χ2v) is 8.77. The lowest BCUT2D eigenvalue weighted by Crippen LogP contribution is -2.18. The van der Waals surface area contributed by atoms with Gasteiger partial charge >= 0.3 is 0 Å². The highest BCUT2D eigenvalue weighted by atomic mass is 79.9. The maximum Gasteiger partial charge on any atom is 0.103 e. The van der Waals surface area contributed by atoms with Gasteiger partial charge in [0.05, 0.1) is 3.74 Å². The zero-order valence-electron chi connectivity index (χ0n) is 5.00. The highest BCUT2D eigenvalue weighted by molar-refractivity contribution is 9.30. The second-order valence-electron chi connectivity index (χ2n) is 1.81. The van der Waals surface area contributed by atoms with Gasteiger partial charge in [0.1, 0.15) is 3.23 Å². The van der Waals surface area contributed by atoms with E-state index in [1.165, 1.54) is 0 Å². The van der Waals surface area contributed by atoms with Crippen molar-refractivity contribution in [3.63, 3.8) is 0 Å². The first kappa shape index (κ1) is 10.9. The third-order valence-corrected chi connectivity index (χ3v) is 6.63. The summed E-state index contributed by atoms with van der Waals surface area (Å²) in [6, 6.07) is 0. The van der Waals surface area contributed by atoms with E-state index < -0.39 is 0 Å². The Labute approximate surface area is 89.7 Å². The summed E-state index contributed by atoms with van der Waals surface area (Å²) in [4.78, 5) is 0. The minimum atomic E-state index is 0.00868. The van der Waals surface area contributed by atoms with Gasteiger partial charge in [-0.05, 0) is 6.42 Å². The summed E-state index contributed by atoms with van der Waals surface area (Å²) in [5.41, 5.74) is 0. The summed E-state index contributed by atoms with van der Waals surface area (Å²) in [7, 11) is 0. The molecule has 0 fully saturated rings. The summed E-state index contributed by atoms with van der Waals surface area (Å²) in [5.74, 6) is 0. The molecular weight excluding hydrogens is 380 g/mol.